The summed E-state index contributed by atoms with van der Waals surface area (Å²) in [6, 6.07) is 5.81. The van der Waals surface area contributed by atoms with E-state index in [2.05, 4.69) is 0 Å². The first-order valence-electron chi connectivity index (χ1n) is 4.62. The minimum Gasteiger partial charge on any atom is -0.393 e. The average molecular weight is 248 g/mol. The van der Waals surface area contributed by atoms with Crippen LogP contribution in [0.2, 0.25) is 0 Å². The molecule has 5 N–H and O–H groups in total. The van der Waals surface area contributed by atoms with Gasteiger partial charge in [0.1, 0.15) is 6.10 Å². The van der Waals surface area contributed by atoms with E-state index in [1.807, 2.05) is 32.0 Å². The summed E-state index contributed by atoms with van der Waals surface area (Å²) < 4.78 is 0. The first-order chi connectivity index (χ1) is 7.40. The third-order valence-electron chi connectivity index (χ3n) is 2.05. The standard InChI is InChI=1S/C10H14O2.H3O3P/c1-7-4-3-5-8(2)10(7)9(12)6-11;1-4(2)3/h3-5,9,11-12H,6H2,1-2H3;1-3H. The number of hydrogen-bond donors (Lipinski definition) is 5. The fourth-order valence-electron chi connectivity index (χ4n) is 1.44. The van der Waals surface area contributed by atoms with Crippen molar-refractivity contribution in [3.05, 3.63) is 34.9 Å². The van der Waals surface area contributed by atoms with Gasteiger partial charge in [0.25, 0.3) is 0 Å². The van der Waals surface area contributed by atoms with Crippen LogP contribution in [0.25, 0.3) is 0 Å². The van der Waals surface area contributed by atoms with E-state index >= 15 is 0 Å². The molecule has 0 amide bonds. The summed E-state index contributed by atoms with van der Waals surface area (Å²) in [6.07, 6.45) is -0.744. The molecule has 0 saturated carbocycles. The average Bonchev–Trinajstić information content (AvgIpc) is 2.16. The lowest BCUT2D eigenvalue weighted by atomic mass is 9.98. The number of aliphatic hydroxyl groups is 2. The molecule has 0 aliphatic heterocycles. The van der Waals surface area contributed by atoms with Crippen LogP contribution in [-0.4, -0.2) is 31.5 Å². The van der Waals surface area contributed by atoms with Crippen molar-refractivity contribution in [2.75, 3.05) is 6.61 Å². The molecule has 1 rings (SSSR count). The van der Waals surface area contributed by atoms with Crippen LogP contribution in [0.1, 0.15) is 22.8 Å². The number of benzene rings is 1. The van der Waals surface area contributed by atoms with Gasteiger partial charge in [0.05, 0.1) is 6.61 Å². The van der Waals surface area contributed by atoms with Gasteiger partial charge in [0.2, 0.25) is 0 Å². The Balaban J connectivity index is 0.000000487. The van der Waals surface area contributed by atoms with E-state index in [1.165, 1.54) is 0 Å². The van der Waals surface area contributed by atoms with Crippen molar-refractivity contribution in [3.63, 3.8) is 0 Å². The van der Waals surface area contributed by atoms with Crippen LogP contribution < -0.4 is 0 Å². The first kappa shape index (κ1) is 15.4. The predicted molar refractivity (Wildman–Crippen MR) is 61.5 cm³/mol. The predicted octanol–water partition coefficient (Wildman–Crippen LogP) is 0.519. The van der Waals surface area contributed by atoms with Crippen LogP contribution in [0.4, 0.5) is 0 Å². The zero-order valence-corrected chi connectivity index (χ0v) is 10.1. The van der Waals surface area contributed by atoms with Crippen LogP contribution in [0, 0.1) is 13.8 Å². The molecule has 0 aliphatic carbocycles. The highest BCUT2D eigenvalue weighted by molar-refractivity contribution is 7.38. The highest BCUT2D eigenvalue weighted by atomic mass is 31.2. The largest absolute Gasteiger partial charge is 0.393 e. The van der Waals surface area contributed by atoms with Gasteiger partial charge in [-0.1, -0.05) is 18.2 Å². The molecule has 92 valence electrons. The number of aliphatic hydroxyl groups excluding tert-OH is 2. The highest BCUT2D eigenvalue weighted by Gasteiger charge is 2.10. The normalized spacial score (nSPS) is 12.0. The lowest BCUT2D eigenvalue weighted by Gasteiger charge is -2.13. The van der Waals surface area contributed by atoms with Gasteiger partial charge in [-0.05, 0) is 30.5 Å². The summed E-state index contributed by atoms with van der Waals surface area (Å²) in [5, 5.41) is 18.2. The fraction of sp³-hybridized carbons (Fsp3) is 0.400. The van der Waals surface area contributed by atoms with E-state index in [0.29, 0.717) is 0 Å². The lowest BCUT2D eigenvalue weighted by Crippen LogP contribution is -2.06. The summed E-state index contributed by atoms with van der Waals surface area (Å²) in [4.78, 5) is 21.7. The fourth-order valence-corrected chi connectivity index (χ4v) is 1.44. The minimum atomic E-state index is -2.62. The Kier molecular flexibility index (Phi) is 7.42. The molecule has 0 aliphatic rings. The zero-order valence-electron chi connectivity index (χ0n) is 9.20. The second kappa shape index (κ2) is 7.68. The monoisotopic (exact) mass is 248 g/mol. The Morgan fingerprint density at radius 2 is 1.50 bits per heavy atom. The summed E-state index contributed by atoms with van der Waals surface area (Å²) in [6.45, 7) is 3.65. The van der Waals surface area contributed by atoms with E-state index in [-0.39, 0.29) is 6.61 Å². The van der Waals surface area contributed by atoms with E-state index in [9.17, 15) is 5.11 Å². The Morgan fingerprint density at radius 3 is 1.81 bits per heavy atom. The highest BCUT2D eigenvalue weighted by Crippen LogP contribution is 2.20. The van der Waals surface area contributed by atoms with Gasteiger partial charge in [0, 0.05) is 0 Å². The quantitative estimate of drug-likeness (QED) is 0.491. The molecule has 0 radical (unpaired) electrons. The second-order valence-corrected chi connectivity index (χ2v) is 3.81. The maximum absolute atomic E-state index is 9.44. The Bertz CT molecular complexity index is 293. The molecule has 0 aromatic heterocycles. The summed E-state index contributed by atoms with van der Waals surface area (Å²) in [7, 11) is -2.62. The van der Waals surface area contributed by atoms with Crippen LogP contribution in [-0.2, 0) is 0 Å². The summed E-state index contributed by atoms with van der Waals surface area (Å²) in [5.74, 6) is 0. The third-order valence-corrected chi connectivity index (χ3v) is 2.05. The van der Waals surface area contributed by atoms with Crippen molar-refractivity contribution in [2.45, 2.75) is 20.0 Å². The molecule has 0 heterocycles. The third kappa shape index (κ3) is 5.51. The van der Waals surface area contributed by atoms with Gasteiger partial charge in [-0.3, -0.25) is 0 Å². The molecule has 16 heavy (non-hydrogen) atoms. The van der Waals surface area contributed by atoms with E-state index in [1.54, 1.807) is 0 Å². The van der Waals surface area contributed by atoms with E-state index in [4.69, 9.17) is 19.8 Å². The Labute approximate surface area is 95.6 Å². The second-order valence-electron chi connectivity index (χ2n) is 3.27. The van der Waals surface area contributed by atoms with Gasteiger partial charge in [-0.25, -0.2) is 0 Å². The lowest BCUT2D eigenvalue weighted by molar-refractivity contribution is 0.0946. The SMILES string of the molecule is Cc1cccc(C)c1C(O)CO.OP(O)O. The van der Waals surface area contributed by atoms with Crippen molar-refractivity contribution in [1.29, 1.82) is 0 Å². The van der Waals surface area contributed by atoms with Crippen LogP contribution in [0.5, 0.6) is 0 Å². The molecular formula is C10H17O5P. The molecule has 0 saturated heterocycles. The zero-order chi connectivity index (χ0) is 12.7. The van der Waals surface area contributed by atoms with Crippen LogP contribution in [0.15, 0.2) is 18.2 Å². The molecular weight excluding hydrogens is 231 g/mol. The van der Waals surface area contributed by atoms with E-state index < -0.39 is 14.7 Å². The number of rotatable bonds is 2. The maximum Gasteiger partial charge on any atom is 0.324 e. The molecule has 1 aromatic rings. The summed E-state index contributed by atoms with van der Waals surface area (Å²) >= 11 is 0. The number of aryl methyl sites for hydroxylation is 2. The van der Waals surface area contributed by atoms with Gasteiger partial charge < -0.3 is 24.9 Å². The molecule has 0 fully saturated rings. The molecule has 1 unspecified atom stereocenters. The Hall–Kier alpha value is -0.550. The minimum absolute atomic E-state index is 0.217. The van der Waals surface area contributed by atoms with Gasteiger partial charge >= 0.3 is 8.60 Å². The topological polar surface area (TPSA) is 101 Å². The van der Waals surface area contributed by atoms with Crippen LogP contribution >= 0.6 is 8.60 Å². The molecule has 6 heteroatoms. The Morgan fingerprint density at radius 1 is 1.12 bits per heavy atom. The molecule has 0 spiro atoms. The molecule has 1 aromatic carbocycles. The number of hydrogen-bond acceptors (Lipinski definition) is 5. The van der Waals surface area contributed by atoms with Crippen molar-refractivity contribution in [1.82, 2.24) is 0 Å². The molecule has 0 bridgehead atoms. The summed E-state index contributed by atoms with van der Waals surface area (Å²) in [5.41, 5.74) is 2.90. The van der Waals surface area contributed by atoms with Crippen molar-refractivity contribution >= 4 is 8.60 Å². The smallest absolute Gasteiger partial charge is 0.324 e. The molecule has 1 atom stereocenters. The van der Waals surface area contributed by atoms with E-state index in [0.717, 1.165) is 16.7 Å². The van der Waals surface area contributed by atoms with Crippen molar-refractivity contribution < 1.29 is 24.9 Å². The van der Waals surface area contributed by atoms with Gasteiger partial charge in [-0.15, -0.1) is 0 Å². The van der Waals surface area contributed by atoms with Crippen molar-refractivity contribution in [2.24, 2.45) is 0 Å². The molecule has 5 nitrogen and oxygen atoms in total. The van der Waals surface area contributed by atoms with Crippen molar-refractivity contribution in [3.8, 4) is 0 Å². The first-order valence-corrected chi connectivity index (χ1v) is 5.82. The van der Waals surface area contributed by atoms with Gasteiger partial charge in [-0.2, -0.15) is 0 Å². The van der Waals surface area contributed by atoms with Crippen LogP contribution in [0.3, 0.4) is 0 Å². The van der Waals surface area contributed by atoms with Gasteiger partial charge in [0.15, 0.2) is 0 Å². The maximum atomic E-state index is 9.44.